The lowest BCUT2D eigenvalue weighted by Crippen LogP contribution is -2.52. The Balaban J connectivity index is 1.37. The summed E-state index contributed by atoms with van der Waals surface area (Å²) in [5, 5.41) is 5.39. The molecule has 1 saturated heterocycles. The van der Waals surface area contributed by atoms with Gasteiger partial charge in [0, 0.05) is 38.4 Å². The van der Waals surface area contributed by atoms with Crippen LogP contribution in [0, 0.1) is 0 Å². The molecule has 0 spiro atoms. The number of para-hydroxylation sites is 1. The minimum absolute atomic E-state index is 0.0198. The lowest BCUT2D eigenvalue weighted by atomic mass is 10.2. The van der Waals surface area contributed by atoms with Crippen molar-refractivity contribution in [3.05, 3.63) is 66.2 Å². The molecule has 1 fully saturated rings. The third-order valence-corrected chi connectivity index (χ3v) is 4.45. The van der Waals surface area contributed by atoms with E-state index < -0.39 is 0 Å². The largest absolute Gasteiger partial charge is 0.368 e. The highest BCUT2D eigenvalue weighted by molar-refractivity contribution is 5.84. The maximum atomic E-state index is 12.3. The van der Waals surface area contributed by atoms with Crippen LogP contribution < -0.4 is 15.5 Å². The summed E-state index contributed by atoms with van der Waals surface area (Å²) in [6.07, 6.45) is 0. The molecule has 0 aromatic heterocycles. The molecule has 3 amide bonds. The number of piperazine rings is 1. The molecule has 2 aromatic carbocycles. The molecule has 2 aromatic rings. The van der Waals surface area contributed by atoms with Gasteiger partial charge >= 0.3 is 6.03 Å². The summed E-state index contributed by atoms with van der Waals surface area (Å²) in [5.41, 5.74) is 2.20. The normalized spacial score (nSPS) is 14.0. The topological polar surface area (TPSA) is 64.7 Å². The number of rotatable bonds is 5. The van der Waals surface area contributed by atoms with Crippen LogP contribution in [0.2, 0.25) is 0 Å². The first-order valence-electron chi connectivity index (χ1n) is 8.86. The number of carbonyl (C=O) groups excluding carboxylic acids is 2. The molecule has 136 valence electrons. The van der Waals surface area contributed by atoms with Crippen molar-refractivity contribution in [3.8, 4) is 0 Å². The fraction of sp³-hybridized carbons (Fsp3) is 0.300. The van der Waals surface area contributed by atoms with Gasteiger partial charge in [-0.1, -0.05) is 48.5 Å². The van der Waals surface area contributed by atoms with Crippen LogP contribution in [0.5, 0.6) is 0 Å². The molecular weight excluding hydrogens is 328 g/mol. The number of anilines is 1. The molecule has 1 aliphatic rings. The van der Waals surface area contributed by atoms with Crippen LogP contribution in [0.15, 0.2) is 60.7 Å². The number of carbonyl (C=O) groups is 2. The van der Waals surface area contributed by atoms with Crippen molar-refractivity contribution in [3.63, 3.8) is 0 Å². The van der Waals surface area contributed by atoms with Crippen molar-refractivity contribution < 1.29 is 9.59 Å². The van der Waals surface area contributed by atoms with Crippen molar-refractivity contribution >= 4 is 17.6 Å². The highest BCUT2D eigenvalue weighted by atomic mass is 16.2. The fourth-order valence-electron chi connectivity index (χ4n) is 2.96. The first-order valence-corrected chi connectivity index (χ1v) is 8.86. The summed E-state index contributed by atoms with van der Waals surface area (Å²) >= 11 is 0. The van der Waals surface area contributed by atoms with E-state index in [1.807, 2.05) is 48.5 Å². The van der Waals surface area contributed by atoms with Gasteiger partial charge in [-0.2, -0.15) is 0 Å². The molecule has 1 aliphatic heterocycles. The summed E-state index contributed by atoms with van der Waals surface area (Å²) in [6.45, 7) is 3.40. The number of nitrogens with one attached hydrogen (secondary N) is 2. The average Bonchev–Trinajstić information content (AvgIpc) is 2.72. The van der Waals surface area contributed by atoms with Gasteiger partial charge in [-0.05, 0) is 17.7 Å². The van der Waals surface area contributed by atoms with E-state index in [9.17, 15) is 9.59 Å². The maximum absolute atomic E-state index is 12.3. The Morgan fingerprint density at radius 3 is 2.08 bits per heavy atom. The number of nitrogens with zero attached hydrogens (tertiary/aromatic N) is 2. The summed E-state index contributed by atoms with van der Waals surface area (Å²) in [6, 6.07) is 19.5. The SMILES string of the molecule is O=C(NCC(=O)N1CCN(c2ccccc2)CC1)NCc1ccccc1. The molecular formula is C20H24N4O2. The molecule has 0 bridgehead atoms. The van der Waals surface area contributed by atoms with Crippen LogP contribution in [0.1, 0.15) is 5.56 Å². The molecule has 0 atom stereocenters. The van der Waals surface area contributed by atoms with Crippen LogP contribution in [-0.2, 0) is 11.3 Å². The van der Waals surface area contributed by atoms with Crippen LogP contribution in [0.4, 0.5) is 10.5 Å². The Labute approximate surface area is 153 Å². The lowest BCUT2D eigenvalue weighted by Gasteiger charge is -2.36. The first kappa shape index (κ1) is 17.8. The summed E-state index contributed by atoms with van der Waals surface area (Å²) in [7, 11) is 0. The average molecular weight is 352 g/mol. The summed E-state index contributed by atoms with van der Waals surface area (Å²) in [5.74, 6) is -0.0485. The Morgan fingerprint density at radius 2 is 1.42 bits per heavy atom. The third-order valence-electron chi connectivity index (χ3n) is 4.45. The first-order chi connectivity index (χ1) is 12.7. The van der Waals surface area contributed by atoms with Gasteiger partial charge in [0.1, 0.15) is 0 Å². The van der Waals surface area contributed by atoms with Crippen molar-refractivity contribution in [1.29, 1.82) is 0 Å². The van der Waals surface area contributed by atoms with E-state index in [0.29, 0.717) is 19.6 Å². The molecule has 0 unspecified atom stereocenters. The van der Waals surface area contributed by atoms with Gasteiger partial charge in [-0.25, -0.2) is 4.79 Å². The molecule has 26 heavy (non-hydrogen) atoms. The zero-order valence-electron chi connectivity index (χ0n) is 14.7. The van der Waals surface area contributed by atoms with Gasteiger partial charge in [-0.3, -0.25) is 4.79 Å². The Bertz CT molecular complexity index is 713. The molecule has 0 saturated carbocycles. The highest BCUT2D eigenvalue weighted by Crippen LogP contribution is 2.15. The zero-order valence-corrected chi connectivity index (χ0v) is 14.7. The van der Waals surface area contributed by atoms with Crippen molar-refractivity contribution in [2.45, 2.75) is 6.54 Å². The van der Waals surface area contributed by atoms with Crippen LogP contribution >= 0.6 is 0 Å². The van der Waals surface area contributed by atoms with E-state index >= 15 is 0 Å². The van der Waals surface area contributed by atoms with Crippen LogP contribution in [-0.4, -0.2) is 49.6 Å². The van der Waals surface area contributed by atoms with Crippen molar-refractivity contribution in [2.75, 3.05) is 37.6 Å². The molecule has 1 heterocycles. The molecule has 2 N–H and O–H groups in total. The van der Waals surface area contributed by atoms with E-state index in [2.05, 4.69) is 27.7 Å². The fourth-order valence-corrected chi connectivity index (χ4v) is 2.96. The van der Waals surface area contributed by atoms with E-state index in [1.165, 1.54) is 5.69 Å². The summed E-state index contributed by atoms with van der Waals surface area (Å²) < 4.78 is 0. The van der Waals surface area contributed by atoms with Gasteiger partial charge in [0.15, 0.2) is 0 Å². The Kier molecular flexibility index (Phi) is 6.09. The number of urea groups is 1. The lowest BCUT2D eigenvalue weighted by molar-refractivity contribution is -0.130. The number of hydrogen-bond donors (Lipinski definition) is 2. The number of hydrogen-bond acceptors (Lipinski definition) is 3. The van der Waals surface area contributed by atoms with Crippen LogP contribution in [0.25, 0.3) is 0 Å². The quantitative estimate of drug-likeness (QED) is 0.863. The summed E-state index contributed by atoms with van der Waals surface area (Å²) in [4.78, 5) is 28.2. The smallest absolute Gasteiger partial charge is 0.315 e. The minimum Gasteiger partial charge on any atom is -0.368 e. The Hall–Kier alpha value is -3.02. The molecule has 6 nitrogen and oxygen atoms in total. The van der Waals surface area contributed by atoms with Gasteiger partial charge in [0.2, 0.25) is 5.91 Å². The maximum Gasteiger partial charge on any atom is 0.315 e. The predicted molar refractivity (Wildman–Crippen MR) is 102 cm³/mol. The van der Waals surface area contributed by atoms with Gasteiger partial charge < -0.3 is 20.4 Å². The van der Waals surface area contributed by atoms with Crippen molar-refractivity contribution in [2.24, 2.45) is 0 Å². The Morgan fingerprint density at radius 1 is 0.808 bits per heavy atom. The number of amides is 3. The molecule has 0 aliphatic carbocycles. The van der Waals surface area contributed by atoms with Gasteiger partial charge in [0.05, 0.1) is 6.54 Å². The van der Waals surface area contributed by atoms with Crippen molar-refractivity contribution in [1.82, 2.24) is 15.5 Å². The monoisotopic (exact) mass is 352 g/mol. The van der Waals surface area contributed by atoms with Gasteiger partial charge in [0.25, 0.3) is 0 Å². The minimum atomic E-state index is -0.329. The predicted octanol–water partition coefficient (Wildman–Crippen LogP) is 1.83. The third kappa shape index (κ3) is 4.99. The van der Waals surface area contributed by atoms with E-state index in [4.69, 9.17) is 0 Å². The van der Waals surface area contributed by atoms with Crippen LogP contribution in [0.3, 0.4) is 0 Å². The highest BCUT2D eigenvalue weighted by Gasteiger charge is 2.21. The van der Waals surface area contributed by atoms with E-state index in [-0.39, 0.29) is 18.5 Å². The second-order valence-corrected chi connectivity index (χ2v) is 6.23. The van der Waals surface area contributed by atoms with Gasteiger partial charge in [-0.15, -0.1) is 0 Å². The molecule has 0 radical (unpaired) electrons. The molecule has 3 rings (SSSR count). The second kappa shape index (κ2) is 8.89. The van der Waals surface area contributed by atoms with E-state index in [1.54, 1.807) is 4.90 Å². The van der Waals surface area contributed by atoms with E-state index in [0.717, 1.165) is 18.7 Å². The molecule has 6 heteroatoms. The number of benzene rings is 2. The zero-order chi connectivity index (χ0) is 18.2. The second-order valence-electron chi connectivity index (χ2n) is 6.23. The standard InChI is InChI=1S/C20H24N4O2/c25-19(16-22-20(26)21-15-17-7-3-1-4-8-17)24-13-11-23(12-14-24)18-9-5-2-6-10-18/h1-10H,11-16H2,(H2,21,22,26).